The van der Waals surface area contributed by atoms with Gasteiger partial charge >= 0.3 is 0 Å². The highest BCUT2D eigenvalue weighted by Crippen LogP contribution is 2.33. The van der Waals surface area contributed by atoms with Crippen LogP contribution < -0.4 is 10.1 Å². The van der Waals surface area contributed by atoms with E-state index in [9.17, 15) is 5.11 Å². The fraction of sp³-hybridized carbons (Fsp3) is 0.600. The minimum Gasteiger partial charge on any atom is -0.508 e. The van der Waals surface area contributed by atoms with Crippen molar-refractivity contribution < 1.29 is 9.84 Å². The van der Waals surface area contributed by atoms with E-state index >= 15 is 0 Å². The van der Waals surface area contributed by atoms with Gasteiger partial charge in [0.25, 0.3) is 0 Å². The molecule has 1 saturated heterocycles. The van der Waals surface area contributed by atoms with Crippen LogP contribution in [0.4, 0.5) is 0 Å². The second kappa shape index (κ2) is 6.26. The summed E-state index contributed by atoms with van der Waals surface area (Å²) in [6.07, 6.45) is 1.12. The zero-order valence-corrected chi connectivity index (χ0v) is 12.0. The molecule has 1 unspecified atom stereocenters. The number of aromatic hydroxyl groups is 1. The van der Waals surface area contributed by atoms with Gasteiger partial charge in [-0.2, -0.15) is 0 Å². The standard InChI is InChI=1S/C15H24N2O2/c1-4-7-17(12-9-16-10-12)11(2)14-8-13(19-3)5-6-15(14)18/h5-6,8,11-12,16,18H,4,7,9-10H2,1-3H3. The van der Waals surface area contributed by atoms with E-state index < -0.39 is 0 Å². The molecule has 0 bridgehead atoms. The Bertz CT molecular complexity index is 419. The second-order valence-corrected chi connectivity index (χ2v) is 5.15. The Hall–Kier alpha value is -1.26. The number of benzene rings is 1. The van der Waals surface area contributed by atoms with Crippen molar-refractivity contribution in [2.75, 3.05) is 26.7 Å². The highest BCUT2D eigenvalue weighted by Gasteiger charge is 2.29. The number of methoxy groups -OCH3 is 1. The Morgan fingerprint density at radius 3 is 2.74 bits per heavy atom. The lowest BCUT2D eigenvalue weighted by molar-refractivity contribution is 0.101. The van der Waals surface area contributed by atoms with Gasteiger partial charge in [0.15, 0.2) is 0 Å². The van der Waals surface area contributed by atoms with Gasteiger partial charge in [0.1, 0.15) is 11.5 Å². The van der Waals surface area contributed by atoms with Crippen LogP contribution in [0.3, 0.4) is 0 Å². The van der Waals surface area contributed by atoms with E-state index in [4.69, 9.17) is 4.74 Å². The molecule has 2 N–H and O–H groups in total. The van der Waals surface area contributed by atoms with E-state index in [0.717, 1.165) is 37.4 Å². The monoisotopic (exact) mass is 264 g/mol. The number of hydrogen-bond acceptors (Lipinski definition) is 4. The zero-order valence-electron chi connectivity index (χ0n) is 12.0. The molecule has 1 heterocycles. The summed E-state index contributed by atoms with van der Waals surface area (Å²) in [7, 11) is 1.65. The highest BCUT2D eigenvalue weighted by atomic mass is 16.5. The van der Waals surface area contributed by atoms with Gasteiger partial charge in [0.05, 0.1) is 7.11 Å². The topological polar surface area (TPSA) is 44.7 Å². The first-order valence-corrected chi connectivity index (χ1v) is 7.00. The zero-order chi connectivity index (χ0) is 13.8. The van der Waals surface area contributed by atoms with Crippen LogP contribution in [0.1, 0.15) is 31.9 Å². The minimum atomic E-state index is 0.196. The van der Waals surface area contributed by atoms with Crippen LogP contribution in [0, 0.1) is 0 Å². The predicted molar refractivity (Wildman–Crippen MR) is 76.7 cm³/mol. The highest BCUT2D eigenvalue weighted by molar-refractivity contribution is 5.41. The van der Waals surface area contributed by atoms with E-state index in [-0.39, 0.29) is 6.04 Å². The van der Waals surface area contributed by atoms with Crippen LogP contribution in [0.5, 0.6) is 11.5 Å². The molecule has 0 spiro atoms. The summed E-state index contributed by atoms with van der Waals surface area (Å²) in [5.41, 5.74) is 0.944. The van der Waals surface area contributed by atoms with Gasteiger partial charge in [-0.25, -0.2) is 0 Å². The molecule has 0 aromatic heterocycles. The number of phenolic OH excluding ortho intramolecular Hbond substituents is 1. The molecule has 1 aliphatic rings. The smallest absolute Gasteiger partial charge is 0.120 e. The summed E-state index contributed by atoms with van der Waals surface area (Å²) in [6.45, 7) is 7.47. The summed E-state index contributed by atoms with van der Waals surface area (Å²) in [5.74, 6) is 1.14. The first kappa shape index (κ1) is 14.2. The second-order valence-electron chi connectivity index (χ2n) is 5.15. The molecule has 1 aromatic rings. The summed E-state index contributed by atoms with van der Waals surface area (Å²) >= 11 is 0. The summed E-state index contributed by atoms with van der Waals surface area (Å²) < 4.78 is 5.26. The van der Waals surface area contributed by atoms with Crippen molar-refractivity contribution >= 4 is 0 Å². The van der Waals surface area contributed by atoms with Crippen molar-refractivity contribution in [2.45, 2.75) is 32.4 Å². The van der Waals surface area contributed by atoms with E-state index in [1.165, 1.54) is 0 Å². The van der Waals surface area contributed by atoms with Crippen molar-refractivity contribution in [1.82, 2.24) is 10.2 Å². The SMILES string of the molecule is CCCN(C1CNC1)C(C)c1cc(OC)ccc1O. The average molecular weight is 264 g/mol. The fourth-order valence-corrected chi connectivity index (χ4v) is 2.63. The van der Waals surface area contributed by atoms with Gasteiger partial charge < -0.3 is 15.2 Å². The lowest BCUT2D eigenvalue weighted by Gasteiger charge is -2.42. The van der Waals surface area contributed by atoms with Gasteiger partial charge in [-0.1, -0.05) is 6.92 Å². The molecule has 19 heavy (non-hydrogen) atoms. The first-order valence-electron chi connectivity index (χ1n) is 7.00. The Labute approximate surface area is 115 Å². The molecule has 4 nitrogen and oxygen atoms in total. The van der Waals surface area contributed by atoms with Crippen LogP contribution in [-0.4, -0.2) is 42.8 Å². The maximum atomic E-state index is 10.1. The molecule has 0 amide bonds. The third-order valence-corrected chi connectivity index (χ3v) is 3.89. The molecule has 0 radical (unpaired) electrons. The summed E-state index contributed by atoms with van der Waals surface area (Å²) in [5, 5.41) is 13.4. The van der Waals surface area contributed by atoms with Crippen LogP contribution in [-0.2, 0) is 0 Å². The molecule has 1 fully saturated rings. The molecule has 1 aliphatic heterocycles. The van der Waals surface area contributed by atoms with Crippen molar-refractivity contribution in [3.05, 3.63) is 23.8 Å². The molecule has 1 aromatic carbocycles. The van der Waals surface area contributed by atoms with Gasteiger partial charge in [0.2, 0.25) is 0 Å². The molecule has 1 atom stereocenters. The van der Waals surface area contributed by atoms with E-state index in [2.05, 4.69) is 24.1 Å². The predicted octanol–water partition coefficient (Wildman–Crippen LogP) is 2.15. The average Bonchev–Trinajstić information content (AvgIpc) is 2.36. The van der Waals surface area contributed by atoms with Gasteiger partial charge in [0, 0.05) is 30.7 Å². The van der Waals surface area contributed by atoms with Crippen LogP contribution in [0.15, 0.2) is 18.2 Å². The van der Waals surface area contributed by atoms with E-state index in [1.54, 1.807) is 19.2 Å². The van der Waals surface area contributed by atoms with Gasteiger partial charge in [-0.15, -0.1) is 0 Å². The third-order valence-electron chi connectivity index (χ3n) is 3.89. The number of hydrogen-bond donors (Lipinski definition) is 2. The summed E-state index contributed by atoms with van der Waals surface area (Å²) in [4.78, 5) is 2.46. The fourth-order valence-electron chi connectivity index (χ4n) is 2.63. The number of nitrogens with one attached hydrogen (secondary N) is 1. The molecule has 0 aliphatic carbocycles. The van der Waals surface area contributed by atoms with Crippen LogP contribution in [0.2, 0.25) is 0 Å². The van der Waals surface area contributed by atoms with Crippen LogP contribution in [0.25, 0.3) is 0 Å². The molecule has 106 valence electrons. The number of nitrogens with zero attached hydrogens (tertiary/aromatic N) is 1. The van der Waals surface area contributed by atoms with E-state index in [0.29, 0.717) is 11.8 Å². The Kier molecular flexibility index (Phi) is 4.66. The van der Waals surface area contributed by atoms with Gasteiger partial charge in [-0.05, 0) is 38.1 Å². The number of rotatable bonds is 6. The maximum absolute atomic E-state index is 10.1. The molecular formula is C15H24N2O2. The molecular weight excluding hydrogens is 240 g/mol. The molecule has 2 rings (SSSR count). The Morgan fingerprint density at radius 2 is 2.21 bits per heavy atom. The van der Waals surface area contributed by atoms with Crippen molar-refractivity contribution in [3.63, 3.8) is 0 Å². The Balaban J connectivity index is 2.21. The van der Waals surface area contributed by atoms with Crippen molar-refractivity contribution in [3.8, 4) is 11.5 Å². The maximum Gasteiger partial charge on any atom is 0.120 e. The first-order chi connectivity index (χ1) is 9.17. The normalized spacial score (nSPS) is 17.3. The molecule has 0 saturated carbocycles. The van der Waals surface area contributed by atoms with Crippen molar-refractivity contribution in [2.24, 2.45) is 0 Å². The number of ether oxygens (including phenoxy) is 1. The lowest BCUT2D eigenvalue weighted by Crippen LogP contribution is -2.57. The third kappa shape index (κ3) is 3.01. The quantitative estimate of drug-likeness (QED) is 0.826. The lowest BCUT2D eigenvalue weighted by atomic mass is 10.0. The largest absolute Gasteiger partial charge is 0.508 e. The van der Waals surface area contributed by atoms with Crippen LogP contribution >= 0.6 is 0 Å². The molecule has 4 heteroatoms. The number of phenols is 1. The summed E-state index contributed by atoms with van der Waals surface area (Å²) in [6, 6.07) is 6.21. The minimum absolute atomic E-state index is 0.196. The van der Waals surface area contributed by atoms with E-state index in [1.807, 2.05) is 6.07 Å². The Morgan fingerprint density at radius 1 is 1.47 bits per heavy atom. The van der Waals surface area contributed by atoms with Crippen molar-refractivity contribution in [1.29, 1.82) is 0 Å². The van der Waals surface area contributed by atoms with Gasteiger partial charge in [-0.3, -0.25) is 4.90 Å².